The first-order chi connectivity index (χ1) is 15.5. The summed E-state index contributed by atoms with van der Waals surface area (Å²) in [7, 11) is 1.70. The summed E-state index contributed by atoms with van der Waals surface area (Å²) in [6, 6.07) is 0.444. The molecule has 0 amide bonds. The van der Waals surface area contributed by atoms with E-state index in [0.717, 1.165) is 44.2 Å². The van der Waals surface area contributed by atoms with Gasteiger partial charge in [0.1, 0.15) is 0 Å². The van der Waals surface area contributed by atoms with E-state index in [1.165, 1.54) is 70.6 Å². The number of nitrogens with zero attached hydrogens (tertiary/aromatic N) is 2. The number of nitrogens with one attached hydrogen (secondary N) is 2. The third-order valence-electron chi connectivity index (χ3n) is 6.59. The molecular formula is C26H56N6. The van der Waals surface area contributed by atoms with Crippen molar-refractivity contribution < 1.29 is 0 Å². The van der Waals surface area contributed by atoms with Gasteiger partial charge in [-0.1, -0.05) is 91.9 Å². The summed E-state index contributed by atoms with van der Waals surface area (Å²) in [5.74, 6) is 2.72. The average Bonchev–Trinajstić information content (AvgIpc) is 2.80. The molecule has 0 radical (unpaired) electrons. The predicted octanol–water partition coefficient (Wildman–Crippen LogP) is 5.57. The van der Waals surface area contributed by atoms with E-state index in [1.807, 2.05) is 0 Å². The Labute approximate surface area is 199 Å². The van der Waals surface area contributed by atoms with Crippen molar-refractivity contribution in [2.75, 3.05) is 20.1 Å². The summed E-state index contributed by atoms with van der Waals surface area (Å²) >= 11 is 0. The van der Waals surface area contributed by atoms with E-state index in [0.29, 0.717) is 18.0 Å². The van der Waals surface area contributed by atoms with Gasteiger partial charge in [-0.25, -0.2) is 0 Å². The molecule has 0 aromatic rings. The van der Waals surface area contributed by atoms with Gasteiger partial charge >= 0.3 is 0 Å². The second-order valence-electron chi connectivity index (χ2n) is 9.36. The summed E-state index contributed by atoms with van der Waals surface area (Å²) in [5.41, 5.74) is 12.0. The van der Waals surface area contributed by atoms with Gasteiger partial charge in [0.05, 0.1) is 0 Å². The maximum atomic E-state index is 6.32. The smallest absolute Gasteiger partial charge is 0.188 e. The van der Waals surface area contributed by atoms with Crippen LogP contribution < -0.4 is 22.1 Å². The molecule has 0 aliphatic carbocycles. The summed E-state index contributed by atoms with van der Waals surface area (Å²) in [6.07, 6.45) is 17.3. The topological polar surface area (TPSA) is 101 Å². The lowest BCUT2D eigenvalue weighted by molar-refractivity contribution is 0.308. The fourth-order valence-corrected chi connectivity index (χ4v) is 4.32. The monoisotopic (exact) mass is 452 g/mol. The van der Waals surface area contributed by atoms with Gasteiger partial charge in [0, 0.05) is 26.2 Å². The van der Waals surface area contributed by atoms with E-state index in [2.05, 4.69) is 48.3 Å². The van der Waals surface area contributed by atoms with Gasteiger partial charge in [-0.3, -0.25) is 9.98 Å². The third-order valence-corrected chi connectivity index (χ3v) is 6.59. The van der Waals surface area contributed by atoms with E-state index >= 15 is 0 Å². The minimum Gasteiger partial charge on any atom is -0.370 e. The van der Waals surface area contributed by atoms with Crippen LogP contribution in [-0.2, 0) is 0 Å². The van der Waals surface area contributed by atoms with Crippen molar-refractivity contribution in [3.8, 4) is 0 Å². The maximum Gasteiger partial charge on any atom is 0.188 e. The van der Waals surface area contributed by atoms with Crippen molar-refractivity contribution in [2.24, 2.45) is 33.3 Å². The molecule has 2 unspecified atom stereocenters. The molecule has 0 spiro atoms. The lowest BCUT2D eigenvalue weighted by atomic mass is 9.85. The molecule has 6 nitrogen and oxygen atoms in total. The summed E-state index contributed by atoms with van der Waals surface area (Å²) in [5, 5.41) is 6.72. The Kier molecular flexibility index (Phi) is 20.4. The van der Waals surface area contributed by atoms with Gasteiger partial charge < -0.3 is 22.1 Å². The Morgan fingerprint density at radius 3 is 1.81 bits per heavy atom. The lowest BCUT2D eigenvalue weighted by Crippen LogP contribution is -2.42. The highest BCUT2D eigenvalue weighted by Gasteiger charge is 2.19. The van der Waals surface area contributed by atoms with Gasteiger partial charge in [-0.15, -0.1) is 0 Å². The van der Waals surface area contributed by atoms with Crippen LogP contribution in [0.1, 0.15) is 118 Å². The molecule has 0 aromatic carbocycles. The standard InChI is InChI=1S/C26H56N6/c1-6-10-16-22(8-3)20-24(21-23(9-4)17-11-7-2)32-26(28)31-19-15-13-12-14-18-30-25(27)29-5/h22-24H,6-21H2,1-5H3,(H3,27,29,30)(H3,28,31,32). The van der Waals surface area contributed by atoms with E-state index in [1.54, 1.807) is 7.05 Å². The molecule has 32 heavy (non-hydrogen) atoms. The molecule has 6 heteroatoms. The van der Waals surface area contributed by atoms with Crippen LogP contribution in [0.2, 0.25) is 0 Å². The highest BCUT2D eigenvalue weighted by Crippen LogP contribution is 2.25. The molecule has 0 heterocycles. The minimum absolute atomic E-state index is 0.444. The Balaban J connectivity index is 4.55. The number of unbranched alkanes of at least 4 members (excludes halogenated alkanes) is 5. The molecule has 0 aromatic heterocycles. The number of rotatable bonds is 20. The third kappa shape index (κ3) is 17.1. The number of aliphatic imine (C=N–C) groups is 2. The highest BCUT2D eigenvalue weighted by atomic mass is 15.1. The van der Waals surface area contributed by atoms with Crippen molar-refractivity contribution in [3.05, 3.63) is 0 Å². The van der Waals surface area contributed by atoms with E-state index in [9.17, 15) is 0 Å². The first-order valence-corrected chi connectivity index (χ1v) is 13.5. The number of guanidine groups is 2. The first-order valence-electron chi connectivity index (χ1n) is 13.5. The lowest BCUT2D eigenvalue weighted by Gasteiger charge is -2.28. The zero-order valence-corrected chi connectivity index (χ0v) is 22.1. The fourth-order valence-electron chi connectivity index (χ4n) is 4.32. The van der Waals surface area contributed by atoms with Gasteiger partial charge in [0.2, 0.25) is 0 Å². The minimum atomic E-state index is 0.444. The molecule has 0 saturated carbocycles. The van der Waals surface area contributed by atoms with Crippen molar-refractivity contribution in [2.45, 2.75) is 124 Å². The van der Waals surface area contributed by atoms with Crippen molar-refractivity contribution in [3.63, 3.8) is 0 Å². The van der Waals surface area contributed by atoms with Gasteiger partial charge in [0.25, 0.3) is 0 Å². The van der Waals surface area contributed by atoms with Gasteiger partial charge in [-0.2, -0.15) is 0 Å². The molecular weight excluding hydrogens is 396 g/mol. The molecule has 6 N–H and O–H groups in total. The quantitative estimate of drug-likeness (QED) is 0.110. The van der Waals surface area contributed by atoms with Gasteiger partial charge in [0.15, 0.2) is 11.9 Å². The molecule has 0 aliphatic rings. The van der Waals surface area contributed by atoms with E-state index < -0.39 is 0 Å². The first kappa shape index (κ1) is 30.5. The SMILES string of the molecule is CCCCC(CC)CC(CC(CC)CCCC)NC(N)=NCCCCCCNC(N)=NC. The van der Waals surface area contributed by atoms with Crippen LogP contribution in [0.5, 0.6) is 0 Å². The average molecular weight is 453 g/mol. The van der Waals surface area contributed by atoms with Crippen molar-refractivity contribution in [1.82, 2.24) is 10.6 Å². The summed E-state index contributed by atoms with van der Waals surface area (Å²) < 4.78 is 0. The maximum absolute atomic E-state index is 6.32. The van der Waals surface area contributed by atoms with Crippen LogP contribution in [0.15, 0.2) is 9.98 Å². The molecule has 190 valence electrons. The zero-order chi connectivity index (χ0) is 24.0. The Bertz CT molecular complexity index is 459. The largest absolute Gasteiger partial charge is 0.370 e. The van der Waals surface area contributed by atoms with Gasteiger partial charge in [-0.05, 0) is 37.5 Å². The summed E-state index contributed by atoms with van der Waals surface area (Å²) in [6.45, 7) is 10.9. The second-order valence-corrected chi connectivity index (χ2v) is 9.36. The Morgan fingerprint density at radius 2 is 1.31 bits per heavy atom. The normalized spacial score (nSPS) is 15.4. The molecule has 0 rings (SSSR count). The molecule has 2 atom stereocenters. The van der Waals surface area contributed by atoms with Crippen LogP contribution in [0.4, 0.5) is 0 Å². The number of hydrogen-bond acceptors (Lipinski definition) is 2. The van der Waals surface area contributed by atoms with Crippen LogP contribution >= 0.6 is 0 Å². The predicted molar refractivity (Wildman–Crippen MR) is 143 cm³/mol. The fraction of sp³-hybridized carbons (Fsp3) is 0.923. The van der Waals surface area contributed by atoms with Crippen LogP contribution in [0, 0.1) is 11.8 Å². The number of nitrogens with two attached hydrogens (primary N) is 2. The molecule has 0 aliphatic heterocycles. The van der Waals surface area contributed by atoms with Crippen molar-refractivity contribution in [1.29, 1.82) is 0 Å². The highest BCUT2D eigenvalue weighted by molar-refractivity contribution is 5.78. The van der Waals surface area contributed by atoms with Crippen LogP contribution in [0.3, 0.4) is 0 Å². The Morgan fingerprint density at radius 1 is 0.750 bits per heavy atom. The van der Waals surface area contributed by atoms with Crippen LogP contribution in [-0.4, -0.2) is 38.1 Å². The summed E-state index contributed by atoms with van der Waals surface area (Å²) in [4.78, 5) is 8.54. The molecule has 0 saturated heterocycles. The van der Waals surface area contributed by atoms with E-state index in [4.69, 9.17) is 11.5 Å². The second kappa shape index (κ2) is 21.4. The molecule has 0 fully saturated rings. The van der Waals surface area contributed by atoms with E-state index in [-0.39, 0.29) is 0 Å². The Hall–Kier alpha value is -1.46. The van der Waals surface area contributed by atoms with Crippen molar-refractivity contribution >= 4 is 11.9 Å². The molecule has 0 bridgehead atoms. The zero-order valence-electron chi connectivity index (χ0n) is 22.1. The van der Waals surface area contributed by atoms with Crippen LogP contribution in [0.25, 0.3) is 0 Å². The number of hydrogen-bond donors (Lipinski definition) is 4.